The summed E-state index contributed by atoms with van der Waals surface area (Å²) in [5, 5.41) is 3.13. The lowest BCUT2D eigenvalue weighted by atomic mass is 9.98. The molecule has 0 radical (unpaired) electrons. The molecule has 1 unspecified atom stereocenters. The molecule has 1 atom stereocenters. The van der Waals surface area contributed by atoms with Crippen molar-refractivity contribution in [1.29, 1.82) is 0 Å². The van der Waals surface area contributed by atoms with Gasteiger partial charge in [0.1, 0.15) is 17.3 Å². The van der Waals surface area contributed by atoms with Crippen molar-refractivity contribution in [2.45, 2.75) is 6.04 Å². The molecule has 3 nitrogen and oxygen atoms in total. The topological polar surface area (TPSA) is 30.5 Å². The highest BCUT2D eigenvalue weighted by Crippen LogP contribution is 2.32. The summed E-state index contributed by atoms with van der Waals surface area (Å²) in [7, 11) is 4.97. The van der Waals surface area contributed by atoms with Crippen LogP contribution in [-0.4, -0.2) is 21.3 Å². The Morgan fingerprint density at radius 3 is 2.19 bits per heavy atom. The molecule has 2 rings (SSSR count). The van der Waals surface area contributed by atoms with Gasteiger partial charge in [-0.15, -0.1) is 0 Å². The van der Waals surface area contributed by atoms with Crippen molar-refractivity contribution < 1.29 is 13.9 Å². The largest absolute Gasteiger partial charge is 0.497 e. The van der Waals surface area contributed by atoms with Crippen molar-refractivity contribution >= 4 is 15.9 Å². The van der Waals surface area contributed by atoms with E-state index in [1.165, 1.54) is 6.07 Å². The molecule has 21 heavy (non-hydrogen) atoms. The summed E-state index contributed by atoms with van der Waals surface area (Å²) < 4.78 is 25.5. The van der Waals surface area contributed by atoms with Crippen molar-refractivity contribution in [3.05, 3.63) is 57.8 Å². The van der Waals surface area contributed by atoms with Crippen molar-refractivity contribution in [1.82, 2.24) is 5.32 Å². The van der Waals surface area contributed by atoms with E-state index in [1.54, 1.807) is 39.5 Å². The zero-order valence-corrected chi connectivity index (χ0v) is 13.7. The fourth-order valence-electron chi connectivity index (χ4n) is 2.23. The minimum atomic E-state index is -0.300. The average Bonchev–Trinajstić information content (AvgIpc) is 2.51. The zero-order chi connectivity index (χ0) is 15.4. The summed E-state index contributed by atoms with van der Waals surface area (Å²) in [5.74, 6) is 1.07. The number of methoxy groups -OCH3 is 2. The smallest absolute Gasteiger partial charge is 0.128 e. The molecule has 0 bridgehead atoms. The van der Waals surface area contributed by atoms with Crippen LogP contribution in [0.25, 0.3) is 0 Å². The van der Waals surface area contributed by atoms with Crippen molar-refractivity contribution in [2.75, 3.05) is 21.3 Å². The van der Waals surface area contributed by atoms with Crippen LogP contribution in [0, 0.1) is 5.82 Å². The van der Waals surface area contributed by atoms with E-state index < -0.39 is 0 Å². The first-order valence-electron chi connectivity index (χ1n) is 6.44. The highest BCUT2D eigenvalue weighted by atomic mass is 79.9. The summed E-state index contributed by atoms with van der Waals surface area (Å²) in [6, 6.07) is 10.1. The van der Waals surface area contributed by atoms with Gasteiger partial charge in [-0.1, -0.05) is 15.9 Å². The van der Waals surface area contributed by atoms with Gasteiger partial charge in [0, 0.05) is 16.1 Å². The minimum Gasteiger partial charge on any atom is -0.497 e. The molecular formula is C16H17BrFNO2. The molecule has 0 heterocycles. The van der Waals surface area contributed by atoms with Crippen LogP contribution in [0.4, 0.5) is 4.39 Å². The molecule has 0 aliphatic carbocycles. The zero-order valence-electron chi connectivity index (χ0n) is 12.1. The van der Waals surface area contributed by atoms with E-state index in [1.807, 2.05) is 12.1 Å². The van der Waals surface area contributed by atoms with Crippen LogP contribution in [-0.2, 0) is 0 Å². The van der Waals surface area contributed by atoms with Crippen LogP contribution in [0.1, 0.15) is 17.2 Å². The van der Waals surface area contributed by atoms with E-state index in [2.05, 4.69) is 21.2 Å². The minimum absolute atomic E-state index is 0.265. The van der Waals surface area contributed by atoms with Gasteiger partial charge in [-0.05, 0) is 42.9 Å². The third-order valence-corrected chi connectivity index (χ3v) is 3.76. The second kappa shape index (κ2) is 6.91. The number of ether oxygens (including phenoxy) is 2. The number of benzene rings is 2. The van der Waals surface area contributed by atoms with E-state index in [0.29, 0.717) is 17.1 Å². The Bertz CT molecular complexity index is 611. The van der Waals surface area contributed by atoms with E-state index in [-0.39, 0.29) is 11.9 Å². The third-order valence-electron chi connectivity index (χ3n) is 3.26. The number of halogens is 2. The molecule has 0 aliphatic heterocycles. The normalized spacial score (nSPS) is 12.0. The summed E-state index contributed by atoms with van der Waals surface area (Å²) in [5.41, 5.74) is 1.42. The second-order valence-electron chi connectivity index (χ2n) is 4.53. The average molecular weight is 354 g/mol. The highest BCUT2D eigenvalue weighted by Gasteiger charge is 2.18. The third kappa shape index (κ3) is 3.54. The first-order valence-corrected chi connectivity index (χ1v) is 7.23. The maximum absolute atomic E-state index is 14.1. The highest BCUT2D eigenvalue weighted by molar-refractivity contribution is 9.10. The van der Waals surface area contributed by atoms with E-state index in [0.717, 1.165) is 10.0 Å². The molecule has 0 spiro atoms. The van der Waals surface area contributed by atoms with Crippen LogP contribution in [0.2, 0.25) is 0 Å². The lowest BCUT2D eigenvalue weighted by Gasteiger charge is -2.20. The molecule has 0 fully saturated rings. The SMILES string of the molecule is CNC(c1cc(OC)cc(OC)c1)c1cc(Br)ccc1F. The number of hydrogen-bond donors (Lipinski definition) is 1. The molecule has 0 saturated carbocycles. The number of hydrogen-bond acceptors (Lipinski definition) is 3. The number of nitrogens with one attached hydrogen (secondary N) is 1. The standard InChI is InChI=1S/C16H17BrFNO2/c1-19-16(14-8-11(17)4-5-15(14)18)10-6-12(20-2)9-13(7-10)21-3/h4-9,16,19H,1-3H3. The van der Waals surface area contributed by atoms with Crippen LogP contribution in [0.3, 0.4) is 0 Å². The molecule has 0 saturated heterocycles. The second-order valence-corrected chi connectivity index (χ2v) is 5.45. The summed E-state index contributed by atoms with van der Waals surface area (Å²) in [4.78, 5) is 0. The molecular weight excluding hydrogens is 337 g/mol. The molecule has 1 N–H and O–H groups in total. The predicted molar refractivity (Wildman–Crippen MR) is 84.5 cm³/mol. The molecule has 0 aromatic heterocycles. The van der Waals surface area contributed by atoms with Crippen molar-refractivity contribution in [2.24, 2.45) is 0 Å². The fraction of sp³-hybridized carbons (Fsp3) is 0.250. The first kappa shape index (κ1) is 15.8. The monoisotopic (exact) mass is 353 g/mol. The lowest BCUT2D eigenvalue weighted by molar-refractivity contribution is 0.392. The molecule has 0 amide bonds. The van der Waals surface area contributed by atoms with Crippen molar-refractivity contribution in [3.8, 4) is 11.5 Å². The van der Waals surface area contributed by atoms with Crippen LogP contribution >= 0.6 is 15.9 Å². The van der Waals surface area contributed by atoms with Gasteiger partial charge in [-0.2, -0.15) is 0 Å². The van der Waals surface area contributed by atoms with Gasteiger partial charge >= 0.3 is 0 Å². The Morgan fingerprint density at radius 2 is 1.67 bits per heavy atom. The van der Waals surface area contributed by atoms with Gasteiger partial charge in [0.05, 0.1) is 20.3 Å². The maximum Gasteiger partial charge on any atom is 0.128 e. The Hall–Kier alpha value is -1.59. The van der Waals surface area contributed by atoms with Gasteiger partial charge in [0.25, 0.3) is 0 Å². The predicted octanol–water partition coefficient (Wildman–Crippen LogP) is 3.91. The first-order chi connectivity index (χ1) is 10.1. The van der Waals surface area contributed by atoms with E-state index in [9.17, 15) is 4.39 Å². The Kier molecular flexibility index (Phi) is 5.20. The van der Waals surface area contributed by atoms with Crippen LogP contribution in [0.15, 0.2) is 40.9 Å². The number of rotatable bonds is 5. The van der Waals surface area contributed by atoms with Gasteiger partial charge in [0.2, 0.25) is 0 Å². The van der Waals surface area contributed by atoms with Crippen molar-refractivity contribution in [3.63, 3.8) is 0 Å². The lowest BCUT2D eigenvalue weighted by Crippen LogP contribution is -2.19. The van der Waals surface area contributed by atoms with Crippen LogP contribution < -0.4 is 14.8 Å². The molecule has 2 aromatic carbocycles. The van der Waals surface area contributed by atoms with Crippen LogP contribution in [0.5, 0.6) is 11.5 Å². The summed E-state index contributed by atoms with van der Waals surface area (Å²) in [6.45, 7) is 0. The van der Waals surface area contributed by atoms with E-state index >= 15 is 0 Å². The fourth-order valence-corrected chi connectivity index (χ4v) is 2.61. The van der Waals surface area contributed by atoms with Gasteiger partial charge in [-0.3, -0.25) is 0 Å². The maximum atomic E-state index is 14.1. The van der Waals surface area contributed by atoms with Gasteiger partial charge < -0.3 is 14.8 Å². The van der Waals surface area contributed by atoms with Gasteiger partial charge in [-0.25, -0.2) is 4.39 Å². The Morgan fingerprint density at radius 1 is 1.05 bits per heavy atom. The molecule has 2 aromatic rings. The Labute approximate surface area is 132 Å². The molecule has 0 aliphatic rings. The quantitative estimate of drug-likeness (QED) is 0.883. The van der Waals surface area contributed by atoms with E-state index in [4.69, 9.17) is 9.47 Å². The Balaban J connectivity index is 2.52. The van der Waals surface area contributed by atoms with Gasteiger partial charge in [0.15, 0.2) is 0 Å². The molecule has 5 heteroatoms. The summed E-state index contributed by atoms with van der Waals surface area (Å²) in [6.07, 6.45) is 0. The molecule has 112 valence electrons. The summed E-state index contributed by atoms with van der Waals surface area (Å²) >= 11 is 3.38.